The van der Waals surface area contributed by atoms with E-state index in [4.69, 9.17) is 0 Å². The molecule has 1 aromatic heterocycles. The second kappa shape index (κ2) is 5.43. The highest BCUT2D eigenvalue weighted by Crippen LogP contribution is 2.27. The highest BCUT2D eigenvalue weighted by molar-refractivity contribution is 7.17. The molecule has 1 saturated heterocycles. The van der Waals surface area contributed by atoms with Gasteiger partial charge in [-0.1, -0.05) is 24.7 Å². The van der Waals surface area contributed by atoms with E-state index < -0.39 is 0 Å². The van der Waals surface area contributed by atoms with E-state index in [1.165, 1.54) is 37.0 Å². The number of rotatable bonds is 3. The van der Waals surface area contributed by atoms with E-state index in [-0.39, 0.29) is 0 Å². The van der Waals surface area contributed by atoms with Crippen LogP contribution in [0.5, 0.6) is 0 Å². The number of thiazole rings is 1. The highest BCUT2D eigenvalue weighted by Gasteiger charge is 2.17. The molecule has 0 saturated carbocycles. The molecule has 16 heavy (non-hydrogen) atoms. The minimum absolute atomic E-state index is 0.728. The zero-order valence-electron chi connectivity index (χ0n) is 9.69. The maximum absolute atomic E-state index is 10.6. The van der Waals surface area contributed by atoms with E-state index in [2.05, 4.69) is 16.8 Å². The lowest BCUT2D eigenvalue weighted by Gasteiger charge is -2.19. The molecule has 1 atom stereocenters. The van der Waals surface area contributed by atoms with Gasteiger partial charge in [-0.25, -0.2) is 4.98 Å². The Balaban J connectivity index is 2.01. The summed E-state index contributed by atoms with van der Waals surface area (Å²) in [5, 5.41) is 1.01. The van der Waals surface area contributed by atoms with Crippen LogP contribution in [0.25, 0.3) is 0 Å². The van der Waals surface area contributed by atoms with Crippen LogP contribution in [0.1, 0.15) is 42.3 Å². The summed E-state index contributed by atoms with van der Waals surface area (Å²) < 4.78 is 0. The summed E-state index contributed by atoms with van der Waals surface area (Å²) in [4.78, 5) is 18.0. The van der Waals surface area contributed by atoms with Crippen molar-refractivity contribution in [1.29, 1.82) is 0 Å². The molecule has 2 rings (SSSR count). The Morgan fingerprint density at radius 1 is 1.56 bits per heavy atom. The van der Waals surface area contributed by atoms with Crippen molar-refractivity contribution in [2.45, 2.75) is 32.6 Å². The van der Waals surface area contributed by atoms with Crippen molar-refractivity contribution in [1.82, 2.24) is 4.98 Å². The van der Waals surface area contributed by atoms with Crippen LogP contribution >= 0.6 is 11.3 Å². The minimum Gasteiger partial charge on any atom is -0.348 e. The van der Waals surface area contributed by atoms with Gasteiger partial charge in [0.1, 0.15) is 0 Å². The first kappa shape index (κ1) is 11.6. The normalized spacial score (nSPS) is 21.8. The van der Waals surface area contributed by atoms with Gasteiger partial charge in [-0.3, -0.25) is 4.79 Å². The molecule has 2 heterocycles. The molecule has 0 amide bonds. The second-order valence-corrected chi connectivity index (χ2v) is 5.40. The zero-order valence-corrected chi connectivity index (χ0v) is 10.5. The largest absolute Gasteiger partial charge is 0.348 e. The second-order valence-electron chi connectivity index (χ2n) is 4.36. The number of hydrogen-bond acceptors (Lipinski definition) is 4. The van der Waals surface area contributed by atoms with Crippen LogP contribution in [0.15, 0.2) is 6.20 Å². The molecule has 1 unspecified atom stereocenters. The standard InChI is InChI=1S/C12H18N2OS/c1-2-10-4-3-6-14(7-5-10)12-13-8-11(9-15)16-12/h8-10H,2-7H2,1H3. The molecule has 1 aromatic rings. The number of aldehydes is 1. The first-order chi connectivity index (χ1) is 7.83. The van der Waals surface area contributed by atoms with E-state index in [9.17, 15) is 4.79 Å². The fourth-order valence-corrected chi connectivity index (χ4v) is 3.02. The van der Waals surface area contributed by atoms with E-state index in [0.29, 0.717) is 0 Å². The molecule has 0 spiro atoms. The number of aromatic nitrogens is 1. The van der Waals surface area contributed by atoms with Crippen LogP contribution in [0, 0.1) is 5.92 Å². The van der Waals surface area contributed by atoms with Crippen LogP contribution < -0.4 is 4.90 Å². The van der Waals surface area contributed by atoms with Crippen molar-refractivity contribution in [3.63, 3.8) is 0 Å². The Morgan fingerprint density at radius 2 is 2.44 bits per heavy atom. The van der Waals surface area contributed by atoms with E-state index >= 15 is 0 Å². The third kappa shape index (κ3) is 2.61. The molecule has 1 aliphatic rings. The quantitative estimate of drug-likeness (QED) is 0.759. The van der Waals surface area contributed by atoms with Gasteiger partial charge < -0.3 is 4.90 Å². The molecule has 0 bridgehead atoms. The molecule has 0 aliphatic carbocycles. The number of carbonyl (C=O) groups excluding carboxylic acids is 1. The van der Waals surface area contributed by atoms with E-state index in [1.54, 1.807) is 6.20 Å². The summed E-state index contributed by atoms with van der Waals surface area (Å²) >= 11 is 1.50. The average Bonchev–Trinajstić information content (AvgIpc) is 2.67. The van der Waals surface area contributed by atoms with Gasteiger partial charge >= 0.3 is 0 Å². The Kier molecular flexibility index (Phi) is 3.93. The van der Waals surface area contributed by atoms with Gasteiger partial charge in [0, 0.05) is 13.1 Å². The van der Waals surface area contributed by atoms with Crippen LogP contribution in [-0.4, -0.2) is 24.4 Å². The van der Waals surface area contributed by atoms with Crippen molar-refractivity contribution in [3.8, 4) is 0 Å². The summed E-state index contributed by atoms with van der Waals surface area (Å²) in [6, 6.07) is 0. The summed E-state index contributed by atoms with van der Waals surface area (Å²) in [7, 11) is 0. The lowest BCUT2D eigenvalue weighted by Crippen LogP contribution is -2.23. The maximum atomic E-state index is 10.6. The van der Waals surface area contributed by atoms with Gasteiger partial charge in [-0.2, -0.15) is 0 Å². The van der Waals surface area contributed by atoms with E-state index in [1.807, 2.05) is 0 Å². The first-order valence-electron chi connectivity index (χ1n) is 5.99. The molecule has 1 fully saturated rings. The Hall–Kier alpha value is -0.900. The Bertz CT molecular complexity index is 351. The fourth-order valence-electron chi connectivity index (χ4n) is 2.24. The molecule has 0 radical (unpaired) electrons. The summed E-state index contributed by atoms with van der Waals surface area (Å²) in [5.41, 5.74) is 0. The number of carbonyl (C=O) groups is 1. The molecule has 3 nitrogen and oxygen atoms in total. The molecule has 0 aromatic carbocycles. The van der Waals surface area contributed by atoms with Crippen LogP contribution in [0.3, 0.4) is 0 Å². The third-order valence-corrected chi connectivity index (χ3v) is 4.31. The lowest BCUT2D eigenvalue weighted by molar-refractivity contribution is 0.112. The molecule has 0 N–H and O–H groups in total. The van der Waals surface area contributed by atoms with Crippen LogP contribution in [-0.2, 0) is 0 Å². The third-order valence-electron chi connectivity index (χ3n) is 3.32. The smallest absolute Gasteiger partial charge is 0.185 e. The average molecular weight is 238 g/mol. The highest BCUT2D eigenvalue weighted by atomic mass is 32.1. The molecule has 1 aliphatic heterocycles. The summed E-state index contributed by atoms with van der Waals surface area (Å²) in [5.74, 6) is 0.871. The van der Waals surface area contributed by atoms with Gasteiger partial charge in [0.25, 0.3) is 0 Å². The first-order valence-corrected chi connectivity index (χ1v) is 6.81. The molecular weight excluding hydrogens is 220 g/mol. The van der Waals surface area contributed by atoms with Crippen molar-refractivity contribution in [2.24, 2.45) is 5.92 Å². The zero-order chi connectivity index (χ0) is 11.4. The monoisotopic (exact) mass is 238 g/mol. The Morgan fingerprint density at radius 3 is 3.12 bits per heavy atom. The van der Waals surface area contributed by atoms with Crippen molar-refractivity contribution < 1.29 is 4.79 Å². The van der Waals surface area contributed by atoms with Gasteiger partial charge in [0.2, 0.25) is 0 Å². The number of hydrogen-bond donors (Lipinski definition) is 0. The topological polar surface area (TPSA) is 33.2 Å². The van der Waals surface area contributed by atoms with Gasteiger partial charge in [0.05, 0.1) is 11.1 Å². The number of nitrogens with zero attached hydrogens (tertiary/aromatic N) is 2. The fraction of sp³-hybridized carbons (Fsp3) is 0.667. The summed E-state index contributed by atoms with van der Waals surface area (Å²) in [6.45, 7) is 4.45. The molecule has 4 heteroatoms. The van der Waals surface area contributed by atoms with Gasteiger partial charge in [-0.15, -0.1) is 0 Å². The summed E-state index contributed by atoms with van der Waals surface area (Å²) in [6.07, 6.45) is 7.67. The van der Waals surface area contributed by atoms with Crippen molar-refractivity contribution >= 4 is 22.8 Å². The molecular formula is C12H18N2OS. The van der Waals surface area contributed by atoms with Crippen LogP contribution in [0.2, 0.25) is 0 Å². The van der Waals surface area contributed by atoms with Gasteiger partial charge in [-0.05, 0) is 25.2 Å². The minimum atomic E-state index is 0.728. The van der Waals surface area contributed by atoms with Crippen molar-refractivity contribution in [3.05, 3.63) is 11.1 Å². The lowest BCUT2D eigenvalue weighted by atomic mass is 9.98. The predicted octanol–water partition coefficient (Wildman–Crippen LogP) is 2.97. The van der Waals surface area contributed by atoms with Crippen molar-refractivity contribution in [2.75, 3.05) is 18.0 Å². The maximum Gasteiger partial charge on any atom is 0.185 e. The van der Waals surface area contributed by atoms with Gasteiger partial charge in [0.15, 0.2) is 11.4 Å². The SMILES string of the molecule is CCC1CCCN(c2ncc(C=O)s2)CC1. The predicted molar refractivity (Wildman–Crippen MR) is 67.3 cm³/mol. The Labute approximate surface area is 100 Å². The number of anilines is 1. The van der Waals surface area contributed by atoms with Crippen LogP contribution in [0.4, 0.5) is 5.13 Å². The molecule has 88 valence electrons. The van der Waals surface area contributed by atoms with E-state index in [0.717, 1.165) is 35.3 Å².